The molecule has 3 heterocycles. The molecule has 0 bridgehead atoms. The second-order valence-corrected chi connectivity index (χ2v) is 6.30. The van der Waals surface area contributed by atoms with Gasteiger partial charge in [0, 0.05) is 4.88 Å². The minimum atomic E-state index is -0.503. The smallest absolute Gasteiger partial charge is 0.138 e. The number of rotatable bonds is 3. The Balaban J connectivity index is 1.72. The first-order valence-corrected chi connectivity index (χ1v) is 7.95. The Morgan fingerprint density at radius 1 is 1.18 bits per heavy atom. The lowest BCUT2D eigenvalue weighted by atomic mass is 10.2. The van der Waals surface area contributed by atoms with Gasteiger partial charge in [0.25, 0.3) is 0 Å². The van der Waals surface area contributed by atoms with E-state index in [9.17, 15) is 5.11 Å². The molecule has 112 valence electrons. The SMILES string of the molecule is O[C@@H]1COC[C@@H]1Nc1ncnc2sc(-c3ccccc3)cc12. The van der Waals surface area contributed by atoms with Crippen molar-refractivity contribution < 1.29 is 9.84 Å². The van der Waals surface area contributed by atoms with Gasteiger partial charge in [-0.05, 0) is 11.6 Å². The van der Waals surface area contributed by atoms with E-state index in [1.54, 1.807) is 17.7 Å². The molecule has 0 radical (unpaired) electrons. The van der Waals surface area contributed by atoms with E-state index in [2.05, 4.69) is 33.5 Å². The van der Waals surface area contributed by atoms with Gasteiger partial charge in [-0.3, -0.25) is 0 Å². The highest BCUT2D eigenvalue weighted by Gasteiger charge is 2.27. The summed E-state index contributed by atoms with van der Waals surface area (Å²) < 4.78 is 5.27. The number of hydrogen-bond acceptors (Lipinski definition) is 6. The van der Waals surface area contributed by atoms with E-state index in [4.69, 9.17) is 4.74 Å². The second kappa shape index (κ2) is 5.64. The first-order valence-electron chi connectivity index (χ1n) is 7.13. The molecule has 0 unspecified atom stereocenters. The maximum atomic E-state index is 9.88. The van der Waals surface area contributed by atoms with Crippen LogP contribution in [0.5, 0.6) is 0 Å². The second-order valence-electron chi connectivity index (χ2n) is 5.27. The van der Waals surface area contributed by atoms with Gasteiger partial charge in [-0.1, -0.05) is 30.3 Å². The van der Waals surface area contributed by atoms with E-state index in [1.807, 2.05) is 18.2 Å². The zero-order valence-electron chi connectivity index (χ0n) is 11.8. The van der Waals surface area contributed by atoms with Crippen molar-refractivity contribution in [3.05, 3.63) is 42.7 Å². The Morgan fingerprint density at radius 2 is 2.05 bits per heavy atom. The zero-order valence-corrected chi connectivity index (χ0v) is 12.6. The van der Waals surface area contributed by atoms with Crippen LogP contribution in [0, 0.1) is 0 Å². The summed E-state index contributed by atoms with van der Waals surface area (Å²) in [5.74, 6) is 0.748. The quantitative estimate of drug-likeness (QED) is 0.778. The van der Waals surface area contributed by atoms with Gasteiger partial charge in [-0.2, -0.15) is 0 Å². The maximum absolute atomic E-state index is 9.88. The molecule has 1 saturated heterocycles. The summed E-state index contributed by atoms with van der Waals surface area (Å²) in [5.41, 5.74) is 1.17. The number of aromatic nitrogens is 2. The van der Waals surface area contributed by atoms with Crippen LogP contribution in [-0.2, 0) is 4.74 Å². The molecule has 22 heavy (non-hydrogen) atoms. The number of nitrogens with zero attached hydrogens (tertiary/aromatic N) is 2. The highest BCUT2D eigenvalue weighted by Crippen LogP contribution is 2.35. The van der Waals surface area contributed by atoms with Crippen LogP contribution in [0.2, 0.25) is 0 Å². The lowest BCUT2D eigenvalue weighted by Gasteiger charge is -2.15. The van der Waals surface area contributed by atoms with E-state index in [1.165, 1.54) is 5.56 Å². The Kier molecular flexibility index (Phi) is 3.49. The van der Waals surface area contributed by atoms with Crippen LogP contribution >= 0.6 is 11.3 Å². The van der Waals surface area contributed by atoms with Crippen molar-refractivity contribution in [1.82, 2.24) is 9.97 Å². The van der Waals surface area contributed by atoms with E-state index < -0.39 is 6.10 Å². The molecule has 1 aliphatic rings. The third kappa shape index (κ3) is 2.45. The zero-order chi connectivity index (χ0) is 14.9. The average molecular weight is 313 g/mol. The first-order chi connectivity index (χ1) is 10.8. The van der Waals surface area contributed by atoms with Gasteiger partial charge in [0.05, 0.1) is 30.7 Å². The molecule has 2 N–H and O–H groups in total. The minimum absolute atomic E-state index is 0.127. The van der Waals surface area contributed by atoms with Crippen LogP contribution in [0.3, 0.4) is 0 Å². The van der Waals surface area contributed by atoms with Gasteiger partial charge in [-0.15, -0.1) is 11.3 Å². The number of benzene rings is 1. The normalized spacial score (nSPS) is 21.3. The number of aliphatic hydroxyl groups is 1. The Morgan fingerprint density at radius 3 is 2.82 bits per heavy atom. The Bertz CT molecular complexity index is 790. The number of thiophene rings is 1. The molecule has 4 rings (SSSR count). The molecule has 5 nitrogen and oxygen atoms in total. The lowest BCUT2D eigenvalue weighted by molar-refractivity contribution is 0.125. The van der Waals surface area contributed by atoms with Crippen molar-refractivity contribution >= 4 is 27.4 Å². The molecule has 1 fully saturated rings. The fourth-order valence-electron chi connectivity index (χ4n) is 2.57. The number of nitrogens with one attached hydrogen (secondary N) is 1. The van der Waals surface area contributed by atoms with Crippen molar-refractivity contribution in [3.63, 3.8) is 0 Å². The first kappa shape index (κ1) is 13.6. The summed E-state index contributed by atoms with van der Waals surface area (Å²) in [6.07, 6.45) is 1.05. The lowest BCUT2D eigenvalue weighted by Crippen LogP contribution is -2.32. The predicted octanol–water partition coefficient (Wildman–Crippen LogP) is 2.53. The van der Waals surface area contributed by atoms with Gasteiger partial charge in [0.15, 0.2) is 0 Å². The molecule has 0 amide bonds. The van der Waals surface area contributed by atoms with Gasteiger partial charge >= 0.3 is 0 Å². The molecular weight excluding hydrogens is 298 g/mol. The van der Waals surface area contributed by atoms with Crippen LogP contribution in [-0.4, -0.2) is 40.4 Å². The fourth-order valence-corrected chi connectivity index (χ4v) is 3.58. The maximum Gasteiger partial charge on any atom is 0.138 e. The van der Waals surface area contributed by atoms with Crippen LogP contribution in [0.15, 0.2) is 42.7 Å². The van der Waals surface area contributed by atoms with Crippen LogP contribution in [0.25, 0.3) is 20.7 Å². The highest BCUT2D eigenvalue weighted by molar-refractivity contribution is 7.21. The van der Waals surface area contributed by atoms with Gasteiger partial charge in [0.1, 0.15) is 17.0 Å². The minimum Gasteiger partial charge on any atom is -0.388 e. The molecular formula is C16H15N3O2S. The van der Waals surface area contributed by atoms with Gasteiger partial charge in [-0.25, -0.2) is 9.97 Å². The van der Waals surface area contributed by atoms with Gasteiger partial charge in [0.2, 0.25) is 0 Å². The topological polar surface area (TPSA) is 67.3 Å². The number of ether oxygens (including phenoxy) is 1. The predicted molar refractivity (Wildman–Crippen MR) is 87.1 cm³/mol. The van der Waals surface area contributed by atoms with Crippen LogP contribution in [0.1, 0.15) is 0 Å². The summed E-state index contributed by atoms with van der Waals surface area (Å²) >= 11 is 1.64. The number of fused-ring (bicyclic) bond motifs is 1. The summed E-state index contributed by atoms with van der Waals surface area (Å²) in [4.78, 5) is 10.8. The van der Waals surface area contributed by atoms with E-state index >= 15 is 0 Å². The van der Waals surface area contributed by atoms with Crippen LogP contribution in [0.4, 0.5) is 5.82 Å². The van der Waals surface area contributed by atoms with E-state index in [-0.39, 0.29) is 6.04 Å². The molecule has 1 aromatic carbocycles. The number of anilines is 1. The fraction of sp³-hybridized carbons (Fsp3) is 0.250. The van der Waals surface area contributed by atoms with E-state index in [0.29, 0.717) is 13.2 Å². The average Bonchev–Trinajstić information content (AvgIpc) is 3.16. The molecule has 0 spiro atoms. The Hall–Kier alpha value is -2.02. The molecule has 1 aliphatic heterocycles. The molecule has 2 aromatic heterocycles. The molecule has 0 aliphatic carbocycles. The largest absolute Gasteiger partial charge is 0.388 e. The standard InChI is InChI=1S/C16H15N3O2S/c20-13-8-21-7-12(13)19-15-11-6-14(10-4-2-1-3-5-10)22-16(11)18-9-17-15/h1-6,9,12-13,20H,7-8H2,(H,17,18,19)/t12-,13+/m0/s1. The monoisotopic (exact) mass is 313 g/mol. The number of hydrogen-bond donors (Lipinski definition) is 2. The van der Waals surface area contributed by atoms with Crippen molar-refractivity contribution in [3.8, 4) is 10.4 Å². The molecule has 6 heteroatoms. The van der Waals surface area contributed by atoms with Crippen LogP contribution < -0.4 is 5.32 Å². The molecule has 2 atom stereocenters. The summed E-state index contributed by atoms with van der Waals surface area (Å²) in [7, 11) is 0. The molecule has 3 aromatic rings. The molecule has 0 saturated carbocycles. The summed E-state index contributed by atoms with van der Waals surface area (Å²) in [5, 5.41) is 14.1. The summed E-state index contributed by atoms with van der Waals surface area (Å²) in [6, 6.07) is 12.2. The van der Waals surface area contributed by atoms with Crippen molar-refractivity contribution in [1.29, 1.82) is 0 Å². The van der Waals surface area contributed by atoms with Crippen molar-refractivity contribution in [2.45, 2.75) is 12.1 Å². The Labute approximate surface area is 131 Å². The third-order valence-electron chi connectivity index (χ3n) is 3.76. The van der Waals surface area contributed by atoms with E-state index in [0.717, 1.165) is 20.9 Å². The van der Waals surface area contributed by atoms with Crippen molar-refractivity contribution in [2.75, 3.05) is 18.5 Å². The highest BCUT2D eigenvalue weighted by atomic mass is 32.1. The third-order valence-corrected chi connectivity index (χ3v) is 4.85. The van der Waals surface area contributed by atoms with Crippen molar-refractivity contribution in [2.24, 2.45) is 0 Å². The summed E-state index contributed by atoms with van der Waals surface area (Å²) in [6.45, 7) is 0.854. The number of aliphatic hydroxyl groups excluding tert-OH is 1. The van der Waals surface area contributed by atoms with Gasteiger partial charge < -0.3 is 15.2 Å².